The molecule has 0 bridgehead atoms. The summed E-state index contributed by atoms with van der Waals surface area (Å²) in [6, 6.07) is 11.7. The van der Waals surface area contributed by atoms with Crippen LogP contribution in [0.3, 0.4) is 0 Å². The second-order valence-corrected chi connectivity index (χ2v) is 8.50. The molecule has 6 nitrogen and oxygen atoms in total. The van der Waals surface area contributed by atoms with Crippen LogP contribution in [0.4, 0.5) is 0 Å². The van der Waals surface area contributed by atoms with E-state index in [1.807, 2.05) is 38.1 Å². The molecule has 0 aliphatic carbocycles. The zero-order chi connectivity index (χ0) is 18.7. The molecule has 0 aromatic heterocycles. The lowest BCUT2D eigenvalue weighted by Gasteiger charge is -2.32. The molecule has 1 N–H and O–H groups in total. The highest BCUT2D eigenvalue weighted by molar-refractivity contribution is 7.89. The molecule has 1 aliphatic rings. The summed E-state index contributed by atoms with van der Waals surface area (Å²) in [7, 11) is -3.81. The molecule has 1 heterocycles. The van der Waals surface area contributed by atoms with Crippen LogP contribution in [-0.2, 0) is 19.6 Å². The summed E-state index contributed by atoms with van der Waals surface area (Å²) in [5.74, 6) is -0.367. The fourth-order valence-electron chi connectivity index (χ4n) is 3.02. The van der Waals surface area contributed by atoms with Crippen molar-refractivity contribution in [2.45, 2.75) is 24.8 Å². The molecule has 1 unspecified atom stereocenters. The first kappa shape index (κ1) is 18.8. The number of carbonyl (C=O) groups is 1. The summed E-state index contributed by atoms with van der Waals surface area (Å²) < 4.78 is 33.6. The third-order valence-electron chi connectivity index (χ3n) is 4.57. The predicted molar refractivity (Wildman–Crippen MR) is 100 cm³/mol. The van der Waals surface area contributed by atoms with Gasteiger partial charge < -0.3 is 9.64 Å². The van der Waals surface area contributed by atoms with Crippen molar-refractivity contribution in [3.05, 3.63) is 42.5 Å². The van der Waals surface area contributed by atoms with Crippen molar-refractivity contribution < 1.29 is 17.9 Å². The smallest absolute Gasteiger partial charge is 0.241 e. The van der Waals surface area contributed by atoms with E-state index >= 15 is 0 Å². The minimum absolute atomic E-state index is 0.164. The van der Waals surface area contributed by atoms with Crippen LogP contribution >= 0.6 is 0 Å². The van der Waals surface area contributed by atoms with Gasteiger partial charge in [0, 0.05) is 13.1 Å². The molecule has 0 radical (unpaired) electrons. The van der Waals surface area contributed by atoms with Gasteiger partial charge in [0.2, 0.25) is 15.9 Å². The molecular weight excluding hydrogens is 352 g/mol. The molecular formula is C19H24N2O4S. The van der Waals surface area contributed by atoms with Gasteiger partial charge in [-0.1, -0.05) is 44.2 Å². The van der Waals surface area contributed by atoms with Gasteiger partial charge in [0.1, 0.15) is 6.04 Å². The Labute approximate surface area is 154 Å². The average Bonchev–Trinajstić information content (AvgIpc) is 2.65. The van der Waals surface area contributed by atoms with Gasteiger partial charge in [0.05, 0.1) is 18.1 Å². The summed E-state index contributed by atoms with van der Waals surface area (Å²) in [6.45, 7) is 5.61. The Hall–Kier alpha value is -1.96. The maximum atomic E-state index is 12.9. The van der Waals surface area contributed by atoms with Crippen LogP contribution in [0.15, 0.2) is 47.4 Å². The number of fused-ring (bicyclic) bond motifs is 1. The minimum atomic E-state index is -3.81. The third kappa shape index (κ3) is 4.06. The van der Waals surface area contributed by atoms with Gasteiger partial charge in [0.25, 0.3) is 0 Å². The van der Waals surface area contributed by atoms with E-state index in [0.29, 0.717) is 26.3 Å². The van der Waals surface area contributed by atoms with E-state index in [1.165, 1.54) is 0 Å². The lowest BCUT2D eigenvalue weighted by molar-refractivity contribution is -0.138. The largest absolute Gasteiger partial charge is 0.378 e. The van der Waals surface area contributed by atoms with E-state index < -0.39 is 16.1 Å². The molecule has 1 atom stereocenters. The van der Waals surface area contributed by atoms with E-state index in [9.17, 15) is 13.2 Å². The summed E-state index contributed by atoms with van der Waals surface area (Å²) in [4.78, 5) is 14.6. The van der Waals surface area contributed by atoms with Crippen molar-refractivity contribution in [3.63, 3.8) is 0 Å². The number of morpholine rings is 1. The lowest BCUT2D eigenvalue weighted by atomic mass is 10.0. The van der Waals surface area contributed by atoms with Gasteiger partial charge in [-0.3, -0.25) is 4.79 Å². The third-order valence-corrected chi connectivity index (χ3v) is 6.01. The second kappa shape index (κ2) is 7.73. The maximum Gasteiger partial charge on any atom is 0.241 e. The second-order valence-electron chi connectivity index (χ2n) is 6.79. The predicted octanol–water partition coefficient (Wildman–Crippen LogP) is 2.00. The molecule has 0 spiro atoms. The van der Waals surface area contributed by atoms with Gasteiger partial charge >= 0.3 is 0 Å². The first-order valence-electron chi connectivity index (χ1n) is 8.76. The number of ether oxygens (including phenoxy) is 1. The molecule has 3 rings (SSSR count). The molecule has 2 aromatic carbocycles. The summed E-state index contributed by atoms with van der Waals surface area (Å²) >= 11 is 0. The van der Waals surface area contributed by atoms with Crippen LogP contribution in [0.2, 0.25) is 0 Å². The number of sulfonamides is 1. The molecule has 2 aromatic rings. The molecule has 140 valence electrons. The molecule has 1 saturated heterocycles. The number of amides is 1. The van der Waals surface area contributed by atoms with E-state index in [2.05, 4.69) is 4.72 Å². The molecule has 26 heavy (non-hydrogen) atoms. The fraction of sp³-hybridized carbons (Fsp3) is 0.421. The molecule has 0 saturated carbocycles. The topological polar surface area (TPSA) is 75.7 Å². The van der Waals surface area contributed by atoms with E-state index in [-0.39, 0.29) is 16.7 Å². The van der Waals surface area contributed by atoms with Crippen molar-refractivity contribution >= 4 is 26.7 Å². The van der Waals surface area contributed by atoms with Crippen LogP contribution in [0.25, 0.3) is 10.8 Å². The van der Waals surface area contributed by atoms with Crippen molar-refractivity contribution in [3.8, 4) is 0 Å². The van der Waals surface area contributed by atoms with Gasteiger partial charge in [-0.25, -0.2) is 8.42 Å². The minimum Gasteiger partial charge on any atom is -0.378 e. The van der Waals surface area contributed by atoms with Crippen LogP contribution in [0.1, 0.15) is 13.8 Å². The summed E-state index contributed by atoms with van der Waals surface area (Å²) in [5, 5.41) is 1.81. The SMILES string of the molecule is CC(C)C(NS(=O)(=O)c1ccc2ccccc2c1)C(=O)N1CCOCC1. The first-order chi connectivity index (χ1) is 12.4. The van der Waals surface area contributed by atoms with Crippen LogP contribution < -0.4 is 4.72 Å². The van der Waals surface area contributed by atoms with E-state index in [4.69, 9.17) is 4.74 Å². The maximum absolute atomic E-state index is 12.9. The molecule has 1 amide bonds. The monoisotopic (exact) mass is 376 g/mol. The highest BCUT2D eigenvalue weighted by Gasteiger charge is 2.32. The van der Waals surface area contributed by atoms with Crippen LogP contribution in [0.5, 0.6) is 0 Å². The van der Waals surface area contributed by atoms with Gasteiger partial charge in [-0.2, -0.15) is 4.72 Å². The lowest BCUT2D eigenvalue weighted by Crippen LogP contribution is -2.53. The van der Waals surface area contributed by atoms with E-state index in [1.54, 1.807) is 23.1 Å². The van der Waals surface area contributed by atoms with Gasteiger partial charge in [-0.05, 0) is 28.8 Å². The molecule has 1 aliphatic heterocycles. The van der Waals surface area contributed by atoms with Crippen molar-refractivity contribution in [1.29, 1.82) is 0 Å². The number of nitrogens with one attached hydrogen (secondary N) is 1. The van der Waals surface area contributed by atoms with E-state index in [0.717, 1.165) is 10.8 Å². The zero-order valence-corrected chi connectivity index (χ0v) is 15.8. The first-order valence-corrected chi connectivity index (χ1v) is 10.2. The number of carbonyl (C=O) groups excluding carboxylic acids is 1. The zero-order valence-electron chi connectivity index (χ0n) is 15.0. The van der Waals surface area contributed by atoms with Crippen molar-refractivity contribution in [2.75, 3.05) is 26.3 Å². The van der Waals surface area contributed by atoms with Crippen LogP contribution in [0, 0.1) is 5.92 Å². The quantitative estimate of drug-likeness (QED) is 0.866. The fourth-order valence-corrected chi connectivity index (χ4v) is 4.39. The number of nitrogens with zero attached hydrogens (tertiary/aromatic N) is 1. The Bertz CT molecular complexity index is 889. The molecule has 1 fully saturated rings. The Morgan fingerprint density at radius 3 is 2.38 bits per heavy atom. The highest BCUT2D eigenvalue weighted by Crippen LogP contribution is 2.20. The Balaban J connectivity index is 1.85. The summed E-state index contributed by atoms with van der Waals surface area (Å²) in [6.07, 6.45) is 0. The Morgan fingerprint density at radius 1 is 1.08 bits per heavy atom. The Morgan fingerprint density at radius 2 is 1.73 bits per heavy atom. The molecule has 7 heteroatoms. The number of hydrogen-bond acceptors (Lipinski definition) is 4. The number of hydrogen-bond donors (Lipinski definition) is 1. The van der Waals surface area contributed by atoms with Crippen molar-refractivity contribution in [1.82, 2.24) is 9.62 Å². The van der Waals surface area contributed by atoms with Crippen LogP contribution in [-0.4, -0.2) is 51.6 Å². The Kier molecular flexibility index (Phi) is 5.60. The summed E-state index contributed by atoms with van der Waals surface area (Å²) in [5.41, 5.74) is 0. The van der Waals surface area contributed by atoms with Crippen molar-refractivity contribution in [2.24, 2.45) is 5.92 Å². The highest BCUT2D eigenvalue weighted by atomic mass is 32.2. The van der Waals surface area contributed by atoms with Gasteiger partial charge in [-0.15, -0.1) is 0 Å². The normalized spacial score (nSPS) is 16.8. The number of benzene rings is 2. The standard InChI is InChI=1S/C19H24N2O4S/c1-14(2)18(19(22)21-9-11-25-12-10-21)20-26(23,24)17-8-7-15-5-3-4-6-16(15)13-17/h3-8,13-14,18,20H,9-12H2,1-2H3. The van der Waals surface area contributed by atoms with Gasteiger partial charge in [0.15, 0.2) is 0 Å². The average molecular weight is 376 g/mol. The number of rotatable bonds is 5.